The van der Waals surface area contributed by atoms with Gasteiger partial charge in [-0.1, -0.05) is 40.9 Å². The fraction of sp³-hybridized carbons (Fsp3) is 0.182. The van der Waals surface area contributed by atoms with Crippen molar-refractivity contribution in [1.29, 1.82) is 0 Å². The van der Waals surface area contributed by atoms with Crippen molar-refractivity contribution < 1.29 is 13.9 Å². The average molecular weight is 534 g/mol. The Hall–Kier alpha value is -1.66. The summed E-state index contributed by atoms with van der Waals surface area (Å²) in [7, 11) is 0. The Bertz CT molecular complexity index is 1050. The van der Waals surface area contributed by atoms with Crippen LogP contribution in [-0.2, 0) is 13.2 Å². The van der Waals surface area contributed by atoms with E-state index >= 15 is 0 Å². The molecule has 0 heterocycles. The molecule has 0 aromatic heterocycles. The molecule has 158 valence electrons. The number of halogens is 5. The van der Waals surface area contributed by atoms with Crippen LogP contribution in [0.5, 0.6) is 11.5 Å². The van der Waals surface area contributed by atoms with Crippen molar-refractivity contribution in [2.45, 2.75) is 20.1 Å². The average Bonchev–Trinajstić information content (AvgIpc) is 2.71. The zero-order chi connectivity index (χ0) is 21.7. The molecule has 3 aromatic rings. The molecule has 30 heavy (non-hydrogen) atoms. The minimum absolute atomic E-state index is 0.0715. The maximum atomic E-state index is 13.3. The zero-order valence-electron chi connectivity index (χ0n) is 15.9. The summed E-state index contributed by atoms with van der Waals surface area (Å²) in [6.45, 7) is 3.19. The van der Waals surface area contributed by atoms with Crippen molar-refractivity contribution in [3.63, 3.8) is 0 Å². The predicted octanol–water partition coefficient (Wildman–Crippen LogP) is 8.14. The molecule has 0 aliphatic rings. The van der Waals surface area contributed by atoms with Gasteiger partial charge in [-0.15, -0.1) is 0 Å². The molecule has 0 spiro atoms. The Kier molecular flexibility index (Phi) is 8.12. The van der Waals surface area contributed by atoms with Crippen LogP contribution in [0.15, 0.2) is 53.0 Å². The summed E-state index contributed by atoms with van der Waals surface area (Å²) in [4.78, 5) is 0. The molecular weight excluding hydrogens is 516 g/mol. The minimum atomic E-state index is -0.452. The standard InChI is InChI=1S/C22H18BrCl3FNO2/c1-2-29-21-9-14(11-28-15-4-6-20(27)19(26)10-15)7-16(23)22(21)30-12-13-3-5-17(24)18(25)8-13/h3-10,28H,2,11-12H2,1H3. The number of hydrogen-bond donors (Lipinski definition) is 1. The van der Waals surface area contributed by atoms with Gasteiger partial charge in [0.05, 0.1) is 26.1 Å². The lowest BCUT2D eigenvalue weighted by Gasteiger charge is -2.16. The SMILES string of the molecule is CCOc1cc(CNc2ccc(F)c(Cl)c2)cc(Br)c1OCc1ccc(Cl)c(Cl)c1. The van der Waals surface area contributed by atoms with Crippen LogP contribution in [0, 0.1) is 5.82 Å². The molecule has 8 heteroatoms. The van der Waals surface area contributed by atoms with Crippen molar-refractivity contribution in [1.82, 2.24) is 0 Å². The molecule has 0 aliphatic carbocycles. The van der Waals surface area contributed by atoms with Crippen molar-refractivity contribution in [3.8, 4) is 11.5 Å². The van der Waals surface area contributed by atoms with Gasteiger partial charge < -0.3 is 14.8 Å². The topological polar surface area (TPSA) is 30.5 Å². The first-order valence-corrected chi connectivity index (χ1v) is 11.0. The van der Waals surface area contributed by atoms with Gasteiger partial charge in [0.15, 0.2) is 11.5 Å². The molecule has 0 radical (unpaired) electrons. The van der Waals surface area contributed by atoms with Gasteiger partial charge in [0.25, 0.3) is 0 Å². The first kappa shape index (κ1) is 23.0. The Morgan fingerprint density at radius 1 is 0.900 bits per heavy atom. The van der Waals surface area contributed by atoms with Crippen LogP contribution in [0.4, 0.5) is 10.1 Å². The highest BCUT2D eigenvalue weighted by atomic mass is 79.9. The summed E-state index contributed by atoms with van der Waals surface area (Å²) < 4.78 is 25.8. The van der Waals surface area contributed by atoms with Crippen LogP contribution < -0.4 is 14.8 Å². The lowest BCUT2D eigenvalue weighted by molar-refractivity contribution is 0.267. The minimum Gasteiger partial charge on any atom is -0.490 e. The third kappa shape index (κ3) is 5.94. The molecule has 0 fully saturated rings. The van der Waals surface area contributed by atoms with E-state index in [-0.39, 0.29) is 5.02 Å². The van der Waals surface area contributed by atoms with Gasteiger partial charge >= 0.3 is 0 Å². The molecule has 0 saturated heterocycles. The first-order chi connectivity index (χ1) is 14.4. The monoisotopic (exact) mass is 531 g/mol. The quantitative estimate of drug-likeness (QED) is 0.317. The largest absolute Gasteiger partial charge is 0.490 e. The summed E-state index contributed by atoms with van der Waals surface area (Å²) in [5.41, 5.74) is 2.56. The van der Waals surface area contributed by atoms with Crippen LogP contribution in [0.1, 0.15) is 18.1 Å². The van der Waals surface area contributed by atoms with E-state index in [1.54, 1.807) is 24.3 Å². The number of benzene rings is 3. The summed E-state index contributed by atoms with van der Waals surface area (Å²) in [6, 6.07) is 13.7. The normalized spacial score (nSPS) is 10.7. The fourth-order valence-electron chi connectivity index (χ4n) is 2.72. The summed E-state index contributed by atoms with van der Waals surface area (Å²) in [6.07, 6.45) is 0. The molecule has 3 nitrogen and oxygen atoms in total. The van der Waals surface area contributed by atoms with Crippen molar-refractivity contribution >= 4 is 56.4 Å². The number of anilines is 1. The Morgan fingerprint density at radius 2 is 1.70 bits per heavy atom. The Balaban J connectivity index is 1.75. The molecule has 3 rings (SSSR count). The number of hydrogen-bond acceptors (Lipinski definition) is 3. The van der Waals surface area contributed by atoms with Crippen molar-refractivity contribution in [3.05, 3.63) is 85.0 Å². The second-order valence-electron chi connectivity index (χ2n) is 6.36. The van der Waals surface area contributed by atoms with Crippen LogP contribution in [0.2, 0.25) is 15.1 Å². The van der Waals surface area contributed by atoms with Crippen LogP contribution in [-0.4, -0.2) is 6.61 Å². The molecule has 0 bridgehead atoms. The highest BCUT2D eigenvalue weighted by Gasteiger charge is 2.13. The van der Waals surface area contributed by atoms with E-state index < -0.39 is 5.82 Å². The molecule has 0 aliphatic heterocycles. The van der Waals surface area contributed by atoms with E-state index in [1.807, 2.05) is 25.1 Å². The van der Waals surface area contributed by atoms with Crippen LogP contribution >= 0.6 is 50.7 Å². The summed E-state index contributed by atoms with van der Waals surface area (Å²) in [5.74, 6) is 0.754. The predicted molar refractivity (Wildman–Crippen MR) is 125 cm³/mol. The van der Waals surface area contributed by atoms with Gasteiger partial charge in [0.1, 0.15) is 12.4 Å². The van der Waals surface area contributed by atoms with Crippen LogP contribution in [0.3, 0.4) is 0 Å². The Labute approximate surface area is 198 Å². The Morgan fingerprint density at radius 3 is 2.40 bits per heavy atom. The first-order valence-electron chi connectivity index (χ1n) is 9.08. The van der Waals surface area contributed by atoms with Crippen molar-refractivity contribution in [2.75, 3.05) is 11.9 Å². The maximum absolute atomic E-state index is 13.3. The van der Waals surface area contributed by atoms with Gasteiger partial charge in [-0.05, 0) is 76.4 Å². The summed E-state index contributed by atoms with van der Waals surface area (Å²) in [5, 5.41) is 4.26. The van der Waals surface area contributed by atoms with Crippen LogP contribution in [0.25, 0.3) is 0 Å². The van der Waals surface area contributed by atoms with Gasteiger partial charge in [0, 0.05) is 12.2 Å². The van der Waals surface area contributed by atoms with E-state index in [0.29, 0.717) is 41.3 Å². The highest BCUT2D eigenvalue weighted by molar-refractivity contribution is 9.10. The van der Waals surface area contributed by atoms with E-state index in [1.165, 1.54) is 6.07 Å². The van der Waals surface area contributed by atoms with E-state index in [9.17, 15) is 4.39 Å². The highest BCUT2D eigenvalue weighted by Crippen LogP contribution is 2.38. The molecule has 1 N–H and O–H groups in total. The van der Waals surface area contributed by atoms with Crippen molar-refractivity contribution in [2.24, 2.45) is 0 Å². The van der Waals surface area contributed by atoms with Gasteiger partial charge in [0.2, 0.25) is 0 Å². The molecule has 0 amide bonds. The van der Waals surface area contributed by atoms with E-state index in [4.69, 9.17) is 44.3 Å². The maximum Gasteiger partial charge on any atom is 0.175 e. The second-order valence-corrected chi connectivity index (χ2v) is 8.43. The van der Waals surface area contributed by atoms with E-state index in [2.05, 4.69) is 21.2 Å². The molecular formula is C22H18BrCl3FNO2. The lowest BCUT2D eigenvalue weighted by Crippen LogP contribution is -2.04. The molecule has 0 atom stereocenters. The zero-order valence-corrected chi connectivity index (χ0v) is 19.8. The smallest absolute Gasteiger partial charge is 0.175 e. The number of ether oxygens (including phenoxy) is 2. The number of nitrogens with one attached hydrogen (secondary N) is 1. The van der Waals surface area contributed by atoms with Gasteiger partial charge in [-0.25, -0.2) is 4.39 Å². The third-order valence-corrected chi connectivity index (χ3v) is 5.77. The third-order valence-electron chi connectivity index (χ3n) is 4.15. The van der Waals surface area contributed by atoms with E-state index in [0.717, 1.165) is 21.3 Å². The lowest BCUT2D eigenvalue weighted by atomic mass is 10.2. The fourth-order valence-corrected chi connectivity index (χ4v) is 3.83. The summed E-state index contributed by atoms with van der Waals surface area (Å²) >= 11 is 21.4. The number of rotatable bonds is 8. The molecule has 3 aromatic carbocycles. The van der Waals surface area contributed by atoms with Gasteiger partial charge in [-0.3, -0.25) is 0 Å². The molecule has 0 unspecified atom stereocenters. The molecule has 0 saturated carbocycles. The second kappa shape index (κ2) is 10.6. The van der Waals surface area contributed by atoms with Gasteiger partial charge in [-0.2, -0.15) is 0 Å².